The van der Waals surface area contributed by atoms with E-state index in [0.717, 1.165) is 4.90 Å². The van der Waals surface area contributed by atoms with Crippen LogP contribution >= 0.6 is 11.3 Å². The van der Waals surface area contributed by atoms with Gasteiger partial charge in [-0.15, -0.1) is 11.3 Å². The number of hydrogen-bond donors (Lipinski definition) is 2. The van der Waals surface area contributed by atoms with E-state index in [0.29, 0.717) is 4.88 Å². The van der Waals surface area contributed by atoms with Gasteiger partial charge in [-0.1, -0.05) is 6.07 Å². The van der Waals surface area contributed by atoms with Crippen molar-refractivity contribution in [2.24, 2.45) is 0 Å². The predicted octanol–water partition coefficient (Wildman–Crippen LogP) is -0.227. The molecular weight excluding hydrogens is 244 g/mol. The minimum atomic E-state index is -1.12. The van der Waals surface area contributed by atoms with Gasteiger partial charge in [0.05, 0.1) is 4.88 Å². The van der Waals surface area contributed by atoms with Crippen LogP contribution in [0.1, 0.15) is 9.67 Å². The van der Waals surface area contributed by atoms with Crippen LogP contribution in [-0.4, -0.2) is 46.9 Å². The largest absolute Gasteiger partial charge is 0.480 e. The highest BCUT2D eigenvalue weighted by molar-refractivity contribution is 7.12. The third-order valence-electron chi connectivity index (χ3n) is 2.46. The second kappa shape index (κ2) is 4.54. The lowest BCUT2D eigenvalue weighted by atomic mass is 10.2. The number of carboxylic acids is 1. The molecule has 1 unspecified atom stereocenters. The number of hydrogen-bond acceptors (Lipinski definition) is 4. The van der Waals surface area contributed by atoms with Crippen LogP contribution in [0.4, 0.5) is 0 Å². The van der Waals surface area contributed by atoms with Crippen molar-refractivity contribution in [2.45, 2.75) is 6.04 Å². The summed E-state index contributed by atoms with van der Waals surface area (Å²) in [6.45, 7) is -0.265. The fourth-order valence-electron chi connectivity index (χ4n) is 1.62. The summed E-state index contributed by atoms with van der Waals surface area (Å²) in [4.78, 5) is 35.8. The molecule has 1 aliphatic heterocycles. The summed E-state index contributed by atoms with van der Waals surface area (Å²) in [7, 11) is 0. The first-order chi connectivity index (χ1) is 8.09. The van der Waals surface area contributed by atoms with E-state index in [1.54, 1.807) is 17.5 Å². The fraction of sp³-hybridized carbons (Fsp3) is 0.300. The van der Waals surface area contributed by atoms with Gasteiger partial charge in [-0.05, 0) is 11.4 Å². The van der Waals surface area contributed by atoms with Crippen LogP contribution in [0.25, 0.3) is 0 Å². The van der Waals surface area contributed by atoms with Gasteiger partial charge < -0.3 is 15.3 Å². The van der Waals surface area contributed by atoms with Crippen molar-refractivity contribution < 1.29 is 19.5 Å². The van der Waals surface area contributed by atoms with E-state index < -0.39 is 17.9 Å². The first kappa shape index (κ1) is 11.6. The summed E-state index contributed by atoms with van der Waals surface area (Å²) >= 11 is 1.22. The van der Waals surface area contributed by atoms with E-state index in [1.165, 1.54) is 11.3 Å². The Kier molecular flexibility index (Phi) is 3.10. The van der Waals surface area contributed by atoms with E-state index in [2.05, 4.69) is 5.32 Å². The molecule has 2 N–H and O–H groups in total. The molecule has 0 saturated carbocycles. The number of piperazine rings is 1. The number of aliphatic carboxylic acids is 1. The Morgan fingerprint density at radius 3 is 2.88 bits per heavy atom. The summed E-state index contributed by atoms with van der Waals surface area (Å²) in [6, 6.07) is 2.32. The molecule has 1 aromatic rings. The van der Waals surface area contributed by atoms with Gasteiger partial charge in [0.25, 0.3) is 5.91 Å². The molecule has 2 amide bonds. The molecule has 7 heteroatoms. The Hall–Kier alpha value is -1.89. The first-order valence-electron chi connectivity index (χ1n) is 4.93. The molecule has 1 saturated heterocycles. The van der Waals surface area contributed by atoms with Gasteiger partial charge in [-0.25, -0.2) is 4.79 Å². The highest BCUT2D eigenvalue weighted by Crippen LogP contribution is 2.15. The van der Waals surface area contributed by atoms with Crippen LogP contribution in [0, 0.1) is 0 Å². The maximum Gasteiger partial charge on any atom is 0.328 e. The summed E-state index contributed by atoms with van der Waals surface area (Å²) in [5.74, 6) is -1.87. The van der Waals surface area contributed by atoms with Crippen LogP contribution in [-0.2, 0) is 9.59 Å². The van der Waals surface area contributed by atoms with Gasteiger partial charge in [-0.3, -0.25) is 9.59 Å². The minimum Gasteiger partial charge on any atom is -0.480 e. The number of nitrogens with one attached hydrogen (secondary N) is 1. The van der Waals surface area contributed by atoms with E-state index >= 15 is 0 Å². The third-order valence-corrected chi connectivity index (χ3v) is 3.32. The first-order valence-corrected chi connectivity index (χ1v) is 5.81. The third kappa shape index (κ3) is 2.28. The number of thiophene rings is 1. The van der Waals surface area contributed by atoms with Crippen molar-refractivity contribution in [3.63, 3.8) is 0 Å². The molecule has 0 spiro atoms. The number of carbonyl (C=O) groups is 3. The van der Waals surface area contributed by atoms with Crippen molar-refractivity contribution in [1.29, 1.82) is 0 Å². The van der Waals surface area contributed by atoms with Crippen LogP contribution in [0.15, 0.2) is 17.5 Å². The average Bonchev–Trinajstić information content (AvgIpc) is 2.80. The SMILES string of the molecule is O=C1CN(C(=O)c2cccs2)C(C(=O)O)CN1. The van der Waals surface area contributed by atoms with Gasteiger partial charge in [0.2, 0.25) is 5.91 Å². The van der Waals surface area contributed by atoms with Crippen LogP contribution in [0.3, 0.4) is 0 Å². The van der Waals surface area contributed by atoms with E-state index in [4.69, 9.17) is 5.11 Å². The molecule has 1 aliphatic rings. The van der Waals surface area contributed by atoms with Crippen LogP contribution < -0.4 is 5.32 Å². The van der Waals surface area contributed by atoms with E-state index in [9.17, 15) is 14.4 Å². The Balaban J connectivity index is 2.23. The normalized spacial score (nSPS) is 19.9. The van der Waals surface area contributed by atoms with Crippen molar-refractivity contribution in [1.82, 2.24) is 10.2 Å². The average molecular weight is 254 g/mol. The van der Waals surface area contributed by atoms with Crippen molar-refractivity contribution >= 4 is 29.1 Å². The number of carboxylic acid groups (broad SMARTS) is 1. The zero-order valence-electron chi connectivity index (χ0n) is 8.75. The highest BCUT2D eigenvalue weighted by atomic mass is 32.1. The van der Waals surface area contributed by atoms with Crippen molar-refractivity contribution in [3.8, 4) is 0 Å². The Labute approximate surface area is 101 Å². The zero-order chi connectivity index (χ0) is 12.4. The van der Waals surface area contributed by atoms with Crippen molar-refractivity contribution in [2.75, 3.05) is 13.1 Å². The maximum absolute atomic E-state index is 12.0. The lowest BCUT2D eigenvalue weighted by molar-refractivity contribution is -0.144. The topological polar surface area (TPSA) is 86.7 Å². The molecule has 0 bridgehead atoms. The minimum absolute atomic E-state index is 0.0503. The fourth-order valence-corrected chi connectivity index (χ4v) is 2.30. The zero-order valence-corrected chi connectivity index (χ0v) is 9.57. The molecule has 17 heavy (non-hydrogen) atoms. The maximum atomic E-state index is 12.0. The van der Waals surface area contributed by atoms with Gasteiger partial charge in [-0.2, -0.15) is 0 Å². The second-order valence-electron chi connectivity index (χ2n) is 3.57. The smallest absolute Gasteiger partial charge is 0.328 e. The molecule has 1 aromatic heterocycles. The molecule has 0 radical (unpaired) electrons. The number of carbonyl (C=O) groups excluding carboxylic acids is 2. The molecular formula is C10H10N2O4S. The lowest BCUT2D eigenvalue weighted by Crippen LogP contribution is -2.59. The molecule has 6 nitrogen and oxygen atoms in total. The van der Waals surface area contributed by atoms with Gasteiger partial charge >= 0.3 is 5.97 Å². The van der Waals surface area contributed by atoms with Gasteiger partial charge in [0.15, 0.2) is 0 Å². The Morgan fingerprint density at radius 1 is 1.53 bits per heavy atom. The van der Waals surface area contributed by atoms with E-state index in [-0.39, 0.29) is 19.0 Å². The van der Waals surface area contributed by atoms with E-state index in [1.807, 2.05) is 0 Å². The Bertz CT molecular complexity index is 457. The lowest BCUT2D eigenvalue weighted by Gasteiger charge is -2.32. The monoisotopic (exact) mass is 254 g/mol. The summed E-state index contributed by atoms with van der Waals surface area (Å²) in [5.41, 5.74) is 0. The Morgan fingerprint density at radius 2 is 2.29 bits per heavy atom. The standard InChI is InChI=1S/C10H10N2O4S/c13-8-5-12(6(4-11-8)10(15)16)9(14)7-2-1-3-17-7/h1-3,6H,4-5H2,(H,11,13)(H,15,16). The van der Waals surface area contributed by atoms with Gasteiger partial charge in [0.1, 0.15) is 12.6 Å². The molecule has 0 aromatic carbocycles. The predicted molar refractivity (Wildman–Crippen MR) is 59.8 cm³/mol. The van der Waals surface area contributed by atoms with Crippen molar-refractivity contribution in [3.05, 3.63) is 22.4 Å². The summed E-state index contributed by atoms with van der Waals surface area (Å²) in [5, 5.41) is 13.2. The summed E-state index contributed by atoms with van der Waals surface area (Å²) < 4.78 is 0. The summed E-state index contributed by atoms with van der Waals surface area (Å²) in [6.07, 6.45) is 0. The number of rotatable bonds is 2. The van der Waals surface area contributed by atoms with Gasteiger partial charge in [0, 0.05) is 6.54 Å². The second-order valence-corrected chi connectivity index (χ2v) is 4.52. The molecule has 1 atom stereocenters. The number of nitrogens with zero attached hydrogens (tertiary/aromatic N) is 1. The molecule has 2 heterocycles. The molecule has 2 rings (SSSR count). The molecule has 0 aliphatic carbocycles. The van der Waals surface area contributed by atoms with Crippen LogP contribution in [0.2, 0.25) is 0 Å². The van der Waals surface area contributed by atoms with Crippen LogP contribution in [0.5, 0.6) is 0 Å². The molecule has 1 fully saturated rings. The quantitative estimate of drug-likeness (QED) is 0.763. The highest BCUT2D eigenvalue weighted by Gasteiger charge is 2.35. The molecule has 90 valence electrons. The number of amides is 2.